The molecule has 9 heteroatoms. The van der Waals surface area contributed by atoms with Crippen LogP contribution in [0.1, 0.15) is 39.3 Å². The van der Waals surface area contributed by atoms with E-state index >= 15 is 0 Å². The van der Waals surface area contributed by atoms with Crippen molar-refractivity contribution in [3.63, 3.8) is 0 Å². The SMILES string of the molecule is O=C(Cl)c1nn(-c2cccc(C(F)(F)F)c2)c2c1CC/C2=C/c1ccc(Cl)cc1Cl. The lowest BCUT2D eigenvalue weighted by molar-refractivity contribution is -0.137. The minimum Gasteiger partial charge on any atom is -0.274 e. The fourth-order valence-electron chi connectivity index (χ4n) is 3.50. The van der Waals surface area contributed by atoms with Crippen LogP contribution in [0.15, 0.2) is 42.5 Å². The highest BCUT2D eigenvalue weighted by Crippen LogP contribution is 2.39. The number of alkyl halides is 3. The molecule has 0 aliphatic heterocycles. The highest BCUT2D eigenvalue weighted by molar-refractivity contribution is 6.67. The van der Waals surface area contributed by atoms with Gasteiger partial charge in [-0.2, -0.15) is 18.3 Å². The minimum atomic E-state index is -4.51. The second-order valence-corrected chi connectivity index (χ2v) is 7.93. The second-order valence-electron chi connectivity index (χ2n) is 6.74. The predicted molar refractivity (Wildman–Crippen MR) is 111 cm³/mol. The molecule has 0 atom stereocenters. The predicted octanol–water partition coefficient (Wildman–Crippen LogP) is 7.06. The third-order valence-corrected chi connectivity index (χ3v) is 5.57. The molecule has 2 aromatic carbocycles. The van der Waals surface area contributed by atoms with Crippen LogP contribution < -0.4 is 0 Å². The quantitative estimate of drug-likeness (QED) is 0.383. The number of hydrogen-bond donors (Lipinski definition) is 0. The van der Waals surface area contributed by atoms with Crippen LogP contribution in [-0.2, 0) is 12.6 Å². The van der Waals surface area contributed by atoms with Crippen molar-refractivity contribution in [2.75, 3.05) is 0 Å². The third-order valence-electron chi connectivity index (χ3n) is 4.83. The Kier molecular flexibility index (Phi) is 5.43. The van der Waals surface area contributed by atoms with E-state index in [1.165, 1.54) is 16.8 Å². The first kappa shape index (κ1) is 21.0. The molecule has 0 saturated carbocycles. The van der Waals surface area contributed by atoms with Crippen molar-refractivity contribution in [1.29, 1.82) is 0 Å². The van der Waals surface area contributed by atoms with Gasteiger partial charge in [0.1, 0.15) is 5.69 Å². The number of aromatic nitrogens is 2. The fourth-order valence-corrected chi connectivity index (χ4v) is 4.12. The monoisotopic (exact) mass is 470 g/mol. The van der Waals surface area contributed by atoms with E-state index in [1.54, 1.807) is 18.2 Å². The van der Waals surface area contributed by atoms with Crippen LogP contribution in [0.2, 0.25) is 10.0 Å². The Hall–Kier alpha value is -2.28. The zero-order valence-corrected chi connectivity index (χ0v) is 17.4. The van der Waals surface area contributed by atoms with Gasteiger partial charge in [-0.1, -0.05) is 35.3 Å². The van der Waals surface area contributed by atoms with E-state index in [-0.39, 0.29) is 11.4 Å². The van der Waals surface area contributed by atoms with Gasteiger partial charge >= 0.3 is 6.18 Å². The van der Waals surface area contributed by atoms with E-state index in [2.05, 4.69) is 5.10 Å². The number of fused-ring (bicyclic) bond motifs is 1. The van der Waals surface area contributed by atoms with Crippen molar-refractivity contribution in [3.05, 3.63) is 80.6 Å². The molecule has 1 aliphatic carbocycles. The molecule has 0 saturated heterocycles. The number of nitrogens with zero attached hydrogens (tertiary/aromatic N) is 2. The van der Waals surface area contributed by atoms with E-state index in [1.807, 2.05) is 6.08 Å². The molecule has 154 valence electrons. The summed E-state index contributed by atoms with van der Waals surface area (Å²) in [4.78, 5) is 11.9. The van der Waals surface area contributed by atoms with E-state index < -0.39 is 17.0 Å². The molecular formula is C21H12Cl3F3N2O. The fraction of sp³-hybridized carbons (Fsp3) is 0.143. The molecule has 0 unspecified atom stereocenters. The van der Waals surface area contributed by atoms with Crippen LogP contribution in [0.5, 0.6) is 0 Å². The van der Waals surface area contributed by atoms with Crippen molar-refractivity contribution in [2.45, 2.75) is 19.0 Å². The summed E-state index contributed by atoms with van der Waals surface area (Å²) in [6, 6.07) is 9.79. The van der Waals surface area contributed by atoms with Gasteiger partial charge in [0.15, 0.2) is 0 Å². The zero-order chi connectivity index (χ0) is 21.6. The summed E-state index contributed by atoms with van der Waals surface area (Å²) >= 11 is 17.9. The Bertz CT molecular complexity index is 1200. The van der Waals surface area contributed by atoms with Crippen LogP contribution in [0.4, 0.5) is 13.2 Å². The molecule has 1 aromatic heterocycles. The highest BCUT2D eigenvalue weighted by atomic mass is 35.5. The summed E-state index contributed by atoms with van der Waals surface area (Å²) in [5.41, 5.74) is 2.03. The standard InChI is InChI=1S/C21H12Cl3F3N2O/c22-14-6-4-11(17(23)10-14)8-12-5-7-16-18(20(24)30)28-29(19(12)16)15-3-1-2-13(9-15)21(25,26)27/h1-4,6,8-10H,5,7H2/b12-8-. The lowest BCUT2D eigenvalue weighted by Crippen LogP contribution is -2.08. The Labute approximate surface area is 184 Å². The molecule has 0 N–H and O–H groups in total. The molecule has 30 heavy (non-hydrogen) atoms. The van der Waals surface area contributed by atoms with E-state index in [0.29, 0.717) is 39.7 Å². The van der Waals surface area contributed by atoms with Crippen LogP contribution in [0.3, 0.4) is 0 Å². The summed E-state index contributed by atoms with van der Waals surface area (Å²) in [7, 11) is 0. The van der Waals surface area contributed by atoms with Gasteiger partial charge in [0.2, 0.25) is 0 Å². The maximum absolute atomic E-state index is 13.2. The first-order chi connectivity index (χ1) is 14.1. The van der Waals surface area contributed by atoms with E-state index in [9.17, 15) is 18.0 Å². The number of benzene rings is 2. The number of rotatable bonds is 3. The highest BCUT2D eigenvalue weighted by Gasteiger charge is 2.33. The van der Waals surface area contributed by atoms with E-state index in [4.69, 9.17) is 34.8 Å². The molecule has 0 amide bonds. The van der Waals surface area contributed by atoms with Gasteiger partial charge in [-0.05, 0) is 72.0 Å². The maximum atomic E-state index is 13.2. The molecule has 0 fully saturated rings. The average Bonchev–Trinajstić information content (AvgIpc) is 3.24. The Balaban J connectivity index is 1.90. The van der Waals surface area contributed by atoms with Gasteiger partial charge in [-0.25, -0.2) is 4.68 Å². The minimum absolute atomic E-state index is 0.0367. The smallest absolute Gasteiger partial charge is 0.274 e. The molecule has 1 aliphatic rings. The molecular weight excluding hydrogens is 460 g/mol. The van der Waals surface area contributed by atoms with Crippen LogP contribution in [-0.4, -0.2) is 15.0 Å². The molecule has 3 aromatic rings. The molecule has 0 radical (unpaired) electrons. The van der Waals surface area contributed by atoms with Crippen LogP contribution in [0, 0.1) is 0 Å². The first-order valence-electron chi connectivity index (χ1n) is 8.80. The topological polar surface area (TPSA) is 34.9 Å². The molecule has 0 spiro atoms. The van der Waals surface area contributed by atoms with Crippen molar-refractivity contribution < 1.29 is 18.0 Å². The summed E-state index contributed by atoms with van der Waals surface area (Å²) in [5, 5.41) is 4.38. The van der Waals surface area contributed by atoms with Crippen LogP contribution in [0.25, 0.3) is 17.3 Å². The molecule has 4 rings (SSSR count). The molecule has 0 bridgehead atoms. The van der Waals surface area contributed by atoms with Crippen molar-refractivity contribution in [2.24, 2.45) is 0 Å². The van der Waals surface area contributed by atoms with Crippen molar-refractivity contribution in [1.82, 2.24) is 9.78 Å². The second kappa shape index (κ2) is 7.76. The average molecular weight is 472 g/mol. The van der Waals surface area contributed by atoms with Gasteiger partial charge in [0.25, 0.3) is 5.24 Å². The van der Waals surface area contributed by atoms with Gasteiger partial charge in [-0.15, -0.1) is 0 Å². The maximum Gasteiger partial charge on any atom is 0.416 e. The zero-order valence-electron chi connectivity index (χ0n) is 15.1. The van der Waals surface area contributed by atoms with Gasteiger partial charge in [0.05, 0.1) is 16.9 Å². The summed E-state index contributed by atoms with van der Waals surface area (Å²) in [6.45, 7) is 0. The number of allylic oxidation sites excluding steroid dienone is 1. The largest absolute Gasteiger partial charge is 0.416 e. The van der Waals surface area contributed by atoms with Gasteiger partial charge in [-0.3, -0.25) is 4.79 Å². The Morgan fingerprint density at radius 3 is 2.53 bits per heavy atom. The summed E-state index contributed by atoms with van der Waals surface area (Å²) < 4.78 is 40.9. The van der Waals surface area contributed by atoms with Gasteiger partial charge < -0.3 is 0 Å². The van der Waals surface area contributed by atoms with Crippen LogP contribution >= 0.6 is 34.8 Å². The lowest BCUT2D eigenvalue weighted by Gasteiger charge is -2.11. The van der Waals surface area contributed by atoms with Crippen molar-refractivity contribution >= 4 is 51.7 Å². The number of halogens is 6. The Morgan fingerprint density at radius 1 is 1.10 bits per heavy atom. The summed E-state index contributed by atoms with van der Waals surface area (Å²) in [6.07, 6.45) is -1.65. The summed E-state index contributed by atoms with van der Waals surface area (Å²) in [5.74, 6) is 0. The van der Waals surface area contributed by atoms with Gasteiger partial charge in [0, 0.05) is 15.6 Å². The first-order valence-corrected chi connectivity index (χ1v) is 9.94. The number of carbonyl (C=O) groups is 1. The normalized spacial score (nSPS) is 14.9. The van der Waals surface area contributed by atoms with Crippen molar-refractivity contribution in [3.8, 4) is 5.69 Å². The number of carbonyl (C=O) groups excluding carboxylic acids is 1. The Morgan fingerprint density at radius 2 is 1.87 bits per heavy atom. The lowest BCUT2D eigenvalue weighted by atomic mass is 10.1. The number of hydrogen-bond acceptors (Lipinski definition) is 2. The molecule has 3 nitrogen and oxygen atoms in total. The van der Waals surface area contributed by atoms with E-state index in [0.717, 1.165) is 17.7 Å². The molecule has 1 heterocycles. The third kappa shape index (κ3) is 3.87.